The molecule has 0 radical (unpaired) electrons. The molecule has 2 fully saturated rings. The Kier molecular flexibility index (Phi) is 3.40. The van der Waals surface area contributed by atoms with E-state index in [1.165, 1.54) is 0 Å². The van der Waals surface area contributed by atoms with Gasteiger partial charge in [0.2, 0.25) is 0 Å². The van der Waals surface area contributed by atoms with Crippen molar-refractivity contribution in [3.63, 3.8) is 0 Å². The van der Waals surface area contributed by atoms with E-state index in [0.717, 1.165) is 7.11 Å². The Bertz CT molecular complexity index is 491. The molecule has 3 aliphatic rings. The second kappa shape index (κ2) is 4.64. The van der Waals surface area contributed by atoms with Gasteiger partial charge in [-0.25, -0.2) is 0 Å². The highest BCUT2D eigenvalue weighted by molar-refractivity contribution is 5.22. The Morgan fingerprint density at radius 2 is 1.77 bits per heavy atom. The van der Waals surface area contributed by atoms with Crippen LogP contribution in [0.15, 0.2) is 12.2 Å². The molecule has 5 atom stereocenters. The summed E-state index contributed by atoms with van der Waals surface area (Å²) in [4.78, 5) is 0. The van der Waals surface area contributed by atoms with E-state index in [1.807, 2.05) is 6.08 Å². The van der Waals surface area contributed by atoms with Crippen LogP contribution in [0.4, 0.5) is 22.0 Å². The third kappa shape index (κ3) is 1.66. The average Bonchev–Trinajstić information content (AvgIpc) is 3.09. The summed E-state index contributed by atoms with van der Waals surface area (Å²) in [6.45, 7) is -0.856. The third-order valence-corrected chi connectivity index (χ3v) is 5.34. The lowest BCUT2D eigenvalue weighted by Crippen LogP contribution is -2.67. The molecule has 2 bridgehead atoms. The molecule has 22 heavy (non-hydrogen) atoms. The summed E-state index contributed by atoms with van der Waals surface area (Å²) in [7, 11) is 1.59. The zero-order chi connectivity index (χ0) is 16.4. The van der Waals surface area contributed by atoms with E-state index in [2.05, 4.69) is 9.47 Å². The van der Waals surface area contributed by atoms with E-state index < -0.39 is 36.0 Å². The van der Waals surface area contributed by atoms with Crippen LogP contribution < -0.4 is 0 Å². The van der Waals surface area contributed by atoms with Gasteiger partial charge < -0.3 is 14.2 Å². The fraction of sp³-hybridized carbons (Fsp3) is 0.857. The molecule has 0 aromatic heterocycles. The Labute approximate surface area is 124 Å². The second-order valence-electron chi connectivity index (χ2n) is 6.16. The van der Waals surface area contributed by atoms with E-state index in [9.17, 15) is 22.0 Å². The number of ether oxygens (including phenoxy) is 3. The minimum absolute atomic E-state index is 0.112. The minimum Gasteiger partial charge on any atom is -0.369 e. The Hall–Kier alpha value is -0.730. The van der Waals surface area contributed by atoms with Gasteiger partial charge in [-0.1, -0.05) is 12.2 Å². The maximum atomic E-state index is 14.9. The van der Waals surface area contributed by atoms with E-state index >= 15 is 0 Å². The monoisotopic (exact) mass is 328 g/mol. The maximum Gasteiger partial charge on any atom is 0.450 e. The summed E-state index contributed by atoms with van der Waals surface area (Å²) >= 11 is 0. The second-order valence-corrected chi connectivity index (χ2v) is 6.16. The molecule has 1 saturated carbocycles. The van der Waals surface area contributed by atoms with Gasteiger partial charge in [0.15, 0.2) is 5.60 Å². The molecule has 3 rings (SSSR count). The smallest absolute Gasteiger partial charge is 0.369 e. The summed E-state index contributed by atoms with van der Waals surface area (Å²) in [6, 6.07) is 0. The minimum atomic E-state index is -5.38. The number of fused-ring (bicyclic) bond motifs is 2. The van der Waals surface area contributed by atoms with Crippen LogP contribution in [0, 0.1) is 17.8 Å². The fourth-order valence-electron chi connectivity index (χ4n) is 4.23. The van der Waals surface area contributed by atoms with E-state index in [0.29, 0.717) is 20.0 Å². The predicted molar refractivity (Wildman–Crippen MR) is 65.3 cm³/mol. The van der Waals surface area contributed by atoms with Crippen molar-refractivity contribution in [3.05, 3.63) is 12.2 Å². The van der Waals surface area contributed by atoms with Gasteiger partial charge in [0.1, 0.15) is 0 Å². The number of rotatable bonds is 3. The lowest BCUT2D eigenvalue weighted by Gasteiger charge is -2.43. The summed E-state index contributed by atoms with van der Waals surface area (Å²) in [5, 5.41) is 0. The zero-order valence-corrected chi connectivity index (χ0v) is 12.1. The number of methoxy groups -OCH3 is 2. The van der Waals surface area contributed by atoms with Crippen molar-refractivity contribution in [3.8, 4) is 0 Å². The van der Waals surface area contributed by atoms with Crippen molar-refractivity contribution in [2.75, 3.05) is 20.8 Å². The van der Waals surface area contributed by atoms with Crippen LogP contribution in [0.5, 0.6) is 0 Å². The number of alkyl halides is 5. The molecule has 0 N–H and O–H groups in total. The summed E-state index contributed by atoms with van der Waals surface area (Å²) in [6.07, 6.45) is -0.635. The molecule has 0 amide bonds. The van der Waals surface area contributed by atoms with Gasteiger partial charge in [0, 0.05) is 20.1 Å². The van der Waals surface area contributed by atoms with Crippen LogP contribution in [-0.4, -0.2) is 44.3 Å². The molecule has 2 aliphatic carbocycles. The molecule has 3 nitrogen and oxygen atoms in total. The highest BCUT2D eigenvalue weighted by Gasteiger charge is 2.85. The van der Waals surface area contributed by atoms with Gasteiger partial charge >= 0.3 is 17.9 Å². The van der Waals surface area contributed by atoms with Crippen LogP contribution in [-0.2, 0) is 14.2 Å². The highest BCUT2D eigenvalue weighted by atomic mass is 19.4. The fourth-order valence-corrected chi connectivity index (χ4v) is 4.23. The molecule has 8 heteroatoms. The Balaban J connectivity index is 2.05. The molecule has 1 heterocycles. The zero-order valence-electron chi connectivity index (χ0n) is 12.1. The average molecular weight is 328 g/mol. The Morgan fingerprint density at radius 3 is 2.14 bits per heavy atom. The lowest BCUT2D eigenvalue weighted by atomic mass is 9.74. The van der Waals surface area contributed by atoms with Crippen molar-refractivity contribution in [2.24, 2.45) is 17.8 Å². The third-order valence-electron chi connectivity index (χ3n) is 5.34. The summed E-state index contributed by atoms with van der Waals surface area (Å²) in [5.41, 5.74) is -2.34. The van der Waals surface area contributed by atoms with Gasteiger partial charge in [-0.05, 0) is 24.7 Å². The van der Waals surface area contributed by atoms with Gasteiger partial charge in [-0.2, -0.15) is 22.0 Å². The summed E-state index contributed by atoms with van der Waals surface area (Å²) in [5.74, 6) is -9.17. The van der Waals surface area contributed by atoms with Crippen molar-refractivity contribution in [1.82, 2.24) is 0 Å². The first kappa shape index (κ1) is 16.1. The van der Waals surface area contributed by atoms with Gasteiger partial charge in [-0.15, -0.1) is 0 Å². The van der Waals surface area contributed by atoms with Crippen molar-refractivity contribution >= 4 is 0 Å². The molecule has 1 saturated heterocycles. The van der Waals surface area contributed by atoms with Gasteiger partial charge in [-0.3, -0.25) is 0 Å². The quantitative estimate of drug-likeness (QED) is 0.588. The molecule has 0 spiro atoms. The van der Waals surface area contributed by atoms with Crippen molar-refractivity contribution < 1.29 is 36.2 Å². The largest absolute Gasteiger partial charge is 0.450 e. The first-order valence-electron chi connectivity index (χ1n) is 7.02. The number of hydrogen-bond donors (Lipinski definition) is 0. The van der Waals surface area contributed by atoms with Crippen LogP contribution in [0.3, 0.4) is 0 Å². The number of halogens is 5. The summed E-state index contributed by atoms with van der Waals surface area (Å²) < 4.78 is 83.4. The molecular formula is C14H17F5O3. The highest BCUT2D eigenvalue weighted by Crippen LogP contribution is 2.62. The standard InChI is InChI=1S/C14H17F5O3/c1-20-11(10-6-8-3-4-9(10)5-8)7-22-13(21-2,12(11,15)16)14(17,18)19/h3-4,8-10H,5-7H2,1-2H3. The molecule has 0 aromatic carbocycles. The molecule has 126 valence electrons. The van der Waals surface area contributed by atoms with Crippen molar-refractivity contribution in [1.29, 1.82) is 0 Å². The number of hydrogen-bond acceptors (Lipinski definition) is 3. The number of allylic oxidation sites excluding steroid dienone is 2. The van der Waals surface area contributed by atoms with Crippen LogP contribution in [0.1, 0.15) is 12.8 Å². The van der Waals surface area contributed by atoms with E-state index in [1.54, 1.807) is 6.08 Å². The van der Waals surface area contributed by atoms with Crippen LogP contribution >= 0.6 is 0 Å². The maximum absolute atomic E-state index is 14.9. The van der Waals surface area contributed by atoms with Crippen molar-refractivity contribution in [2.45, 2.75) is 36.3 Å². The first-order valence-corrected chi connectivity index (χ1v) is 7.02. The lowest BCUT2D eigenvalue weighted by molar-refractivity contribution is -0.419. The molecule has 0 aromatic rings. The SMILES string of the molecule is COC1(C2CC3C=CC2C3)COC(OC)(C(F)(F)F)C1(F)F. The van der Waals surface area contributed by atoms with E-state index in [4.69, 9.17) is 4.74 Å². The molecule has 5 unspecified atom stereocenters. The normalized spacial score (nSPS) is 46.6. The molecule has 1 aliphatic heterocycles. The van der Waals surface area contributed by atoms with Crippen LogP contribution in [0.25, 0.3) is 0 Å². The van der Waals surface area contributed by atoms with E-state index in [-0.39, 0.29) is 11.8 Å². The predicted octanol–water partition coefficient (Wildman–Crippen LogP) is 3.15. The Morgan fingerprint density at radius 1 is 1.09 bits per heavy atom. The first-order chi connectivity index (χ1) is 10.1. The van der Waals surface area contributed by atoms with Gasteiger partial charge in [0.05, 0.1) is 6.61 Å². The van der Waals surface area contributed by atoms with Crippen LogP contribution in [0.2, 0.25) is 0 Å². The molecular weight excluding hydrogens is 311 g/mol. The van der Waals surface area contributed by atoms with Gasteiger partial charge in [0.25, 0.3) is 0 Å². The topological polar surface area (TPSA) is 27.7 Å².